The zero-order valence-electron chi connectivity index (χ0n) is 12.8. The first kappa shape index (κ1) is 16.5. The molecule has 3 atom stereocenters. The molecule has 1 aromatic rings. The summed E-state index contributed by atoms with van der Waals surface area (Å²) in [6, 6.07) is 0. The lowest BCUT2D eigenvalue weighted by Gasteiger charge is -2.33. The Labute approximate surface area is 140 Å². The molecular formula is C16H26Br2N2. The molecule has 1 aromatic heterocycles. The quantitative estimate of drug-likeness (QED) is 0.591. The third kappa shape index (κ3) is 3.68. The molecule has 114 valence electrons. The second-order valence-corrected chi connectivity index (χ2v) is 8.08. The zero-order chi connectivity index (χ0) is 14.7. The lowest BCUT2D eigenvalue weighted by molar-refractivity contribution is 0.260. The van der Waals surface area contributed by atoms with Gasteiger partial charge in [-0.3, -0.25) is 4.68 Å². The summed E-state index contributed by atoms with van der Waals surface area (Å²) >= 11 is 7.66. The molecule has 1 saturated carbocycles. The number of aryl methyl sites for hydroxylation is 2. The van der Waals surface area contributed by atoms with Gasteiger partial charge in [0, 0.05) is 11.4 Å². The van der Waals surface area contributed by atoms with Crippen molar-refractivity contribution in [3.63, 3.8) is 0 Å². The molecule has 1 aliphatic carbocycles. The van der Waals surface area contributed by atoms with Crippen LogP contribution in [0.25, 0.3) is 0 Å². The molecule has 3 unspecified atom stereocenters. The van der Waals surface area contributed by atoms with Crippen molar-refractivity contribution in [1.29, 1.82) is 0 Å². The Balaban J connectivity index is 2.11. The van der Waals surface area contributed by atoms with Crippen LogP contribution in [0.3, 0.4) is 0 Å². The van der Waals surface area contributed by atoms with E-state index < -0.39 is 0 Å². The number of hydrogen-bond donors (Lipinski definition) is 0. The summed E-state index contributed by atoms with van der Waals surface area (Å²) in [5.41, 5.74) is 2.51. The van der Waals surface area contributed by atoms with Gasteiger partial charge < -0.3 is 0 Å². The predicted molar refractivity (Wildman–Crippen MR) is 92.5 cm³/mol. The minimum Gasteiger partial charge on any atom is -0.268 e. The Kier molecular flexibility index (Phi) is 6.15. The van der Waals surface area contributed by atoms with Crippen molar-refractivity contribution < 1.29 is 0 Å². The lowest BCUT2D eigenvalue weighted by atomic mass is 9.77. The summed E-state index contributed by atoms with van der Waals surface area (Å²) in [5, 5.41) is 4.63. The lowest BCUT2D eigenvalue weighted by Crippen LogP contribution is -2.27. The first-order valence-corrected chi connectivity index (χ1v) is 9.63. The van der Waals surface area contributed by atoms with Gasteiger partial charge in [0.05, 0.1) is 15.9 Å². The van der Waals surface area contributed by atoms with Crippen LogP contribution in [0, 0.1) is 18.8 Å². The largest absolute Gasteiger partial charge is 0.268 e. The fourth-order valence-electron chi connectivity index (χ4n) is 3.52. The fourth-order valence-corrected chi connectivity index (χ4v) is 4.63. The summed E-state index contributed by atoms with van der Waals surface area (Å²) in [6.45, 7) is 7.53. The first-order chi connectivity index (χ1) is 9.56. The van der Waals surface area contributed by atoms with E-state index in [0.29, 0.717) is 4.83 Å². The Morgan fingerprint density at radius 1 is 1.30 bits per heavy atom. The molecule has 1 heterocycles. The van der Waals surface area contributed by atoms with Crippen LogP contribution < -0.4 is 0 Å². The highest BCUT2D eigenvalue weighted by Gasteiger charge is 2.30. The van der Waals surface area contributed by atoms with Crippen LogP contribution in [0.4, 0.5) is 0 Å². The van der Waals surface area contributed by atoms with Gasteiger partial charge in [-0.15, -0.1) is 0 Å². The van der Waals surface area contributed by atoms with Crippen molar-refractivity contribution in [3.8, 4) is 0 Å². The highest BCUT2D eigenvalue weighted by atomic mass is 79.9. The van der Waals surface area contributed by atoms with Crippen molar-refractivity contribution >= 4 is 31.9 Å². The van der Waals surface area contributed by atoms with Gasteiger partial charge in [0.25, 0.3) is 0 Å². The van der Waals surface area contributed by atoms with Crippen molar-refractivity contribution in [3.05, 3.63) is 15.9 Å². The molecule has 2 nitrogen and oxygen atoms in total. The van der Waals surface area contributed by atoms with E-state index in [4.69, 9.17) is 0 Å². The molecule has 2 rings (SSSR count). The summed E-state index contributed by atoms with van der Waals surface area (Å²) in [6.07, 6.45) is 7.94. The van der Waals surface area contributed by atoms with Crippen LogP contribution in [0.5, 0.6) is 0 Å². The predicted octanol–water partition coefficient (Wildman–Crippen LogP) is 5.50. The minimum atomic E-state index is 0.669. The molecule has 0 radical (unpaired) electrons. The smallest absolute Gasteiger partial charge is 0.0738 e. The number of aromatic nitrogens is 2. The van der Waals surface area contributed by atoms with E-state index >= 15 is 0 Å². The van der Waals surface area contributed by atoms with E-state index in [1.807, 2.05) is 0 Å². The highest BCUT2D eigenvalue weighted by Crippen LogP contribution is 2.38. The van der Waals surface area contributed by atoms with Gasteiger partial charge in [-0.25, -0.2) is 0 Å². The highest BCUT2D eigenvalue weighted by molar-refractivity contribution is 9.10. The number of halogens is 2. The molecule has 20 heavy (non-hydrogen) atoms. The van der Waals surface area contributed by atoms with E-state index in [-0.39, 0.29) is 0 Å². The number of rotatable bonds is 5. The summed E-state index contributed by atoms with van der Waals surface area (Å²) < 4.78 is 3.39. The van der Waals surface area contributed by atoms with Crippen molar-refractivity contribution in [2.24, 2.45) is 11.8 Å². The molecular weight excluding hydrogens is 380 g/mol. The van der Waals surface area contributed by atoms with Gasteiger partial charge in [-0.2, -0.15) is 5.10 Å². The van der Waals surface area contributed by atoms with Gasteiger partial charge >= 0.3 is 0 Å². The molecule has 0 amide bonds. The normalized spacial score (nSPS) is 26.9. The summed E-state index contributed by atoms with van der Waals surface area (Å²) in [4.78, 5) is 0.669. The monoisotopic (exact) mass is 404 g/mol. The molecule has 0 aromatic carbocycles. The maximum atomic E-state index is 4.63. The van der Waals surface area contributed by atoms with Crippen LogP contribution >= 0.6 is 31.9 Å². The molecule has 1 fully saturated rings. The molecule has 4 heteroatoms. The first-order valence-electron chi connectivity index (χ1n) is 7.92. The van der Waals surface area contributed by atoms with E-state index in [0.717, 1.165) is 30.5 Å². The van der Waals surface area contributed by atoms with Gasteiger partial charge in [0.2, 0.25) is 0 Å². The van der Waals surface area contributed by atoms with Crippen LogP contribution in [0.1, 0.15) is 57.3 Å². The van der Waals surface area contributed by atoms with E-state index in [2.05, 4.69) is 62.4 Å². The minimum absolute atomic E-state index is 0.669. The number of hydrogen-bond acceptors (Lipinski definition) is 1. The van der Waals surface area contributed by atoms with Crippen molar-refractivity contribution in [1.82, 2.24) is 9.78 Å². The summed E-state index contributed by atoms with van der Waals surface area (Å²) in [5.74, 6) is 1.68. The number of nitrogens with zero attached hydrogens (tertiary/aromatic N) is 2. The van der Waals surface area contributed by atoms with E-state index in [1.54, 1.807) is 0 Å². The van der Waals surface area contributed by atoms with Gasteiger partial charge in [-0.1, -0.05) is 35.7 Å². The fraction of sp³-hybridized carbons (Fsp3) is 0.812. The Hall–Kier alpha value is 0.170. The average Bonchev–Trinajstić information content (AvgIpc) is 2.70. The van der Waals surface area contributed by atoms with E-state index in [9.17, 15) is 0 Å². The Morgan fingerprint density at radius 2 is 2.05 bits per heavy atom. The molecule has 0 N–H and O–H groups in total. The van der Waals surface area contributed by atoms with Crippen molar-refractivity contribution in [2.45, 2.75) is 70.7 Å². The van der Waals surface area contributed by atoms with E-state index in [1.165, 1.54) is 42.3 Å². The standard InChI is InChI=1S/C16H26Br2N2/c1-4-6-12-7-8-14(17)13(9-12)10-15-16(18)11(3)19-20(15)5-2/h12-14H,4-10H2,1-3H3. The SMILES string of the molecule is CCCC1CCC(Br)C(Cc2c(Br)c(C)nn2CC)C1. The van der Waals surface area contributed by atoms with Crippen molar-refractivity contribution in [2.75, 3.05) is 0 Å². The maximum Gasteiger partial charge on any atom is 0.0738 e. The van der Waals surface area contributed by atoms with Crippen LogP contribution in [0.15, 0.2) is 4.47 Å². The third-order valence-corrected chi connectivity index (χ3v) is 6.84. The Morgan fingerprint density at radius 3 is 2.70 bits per heavy atom. The summed E-state index contributed by atoms with van der Waals surface area (Å²) in [7, 11) is 0. The maximum absolute atomic E-state index is 4.63. The van der Waals surface area contributed by atoms with Gasteiger partial charge in [0.1, 0.15) is 0 Å². The van der Waals surface area contributed by atoms with Crippen LogP contribution in [0.2, 0.25) is 0 Å². The molecule has 0 aliphatic heterocycles. The average molecular weight is 406 g/mol. The third-order valence-electron chi connectivity index (χ3n) is 4.60. The second kappa shape index (κ2) is 7.44. The second-order valence-electron chi connectivity index (χ2n) is 6.11. The topological polar surface area (TPSA) is 17.8 Å². The molecule has 0 saturated heterocycles. The van der Waals surface area contributed by atoms with Crippen LogP contribution in [-0.4, -0.2) is 14.6 Å². The zero-order valence-corrected chi connectivity index (χ0v) is 16.0. The molecule has 1 aliphatic rings. The van der Waals surface area contributed by atoms with Gasteiger partial charge in [-0.05, 0) is 67.3 Å². The van der Waals surface area contributed by atoms with Crippen LogP contribution in [-0.2, 0) is 13.0 Å². The Bertz CT molecular complexity index is 442. The molecule has 0 spiro atoms. The van der Waals surface area contributed by atoms with Gasteiger partial charge in [0.15, 0.2) is 0 Å². The molecule has 0 bridgehead atoms. The number of alkyl halides is 1.